The summed E-state index contributed by atoms with van der Waals surface area (Å²) >= 11 is 0. The van der Waals surface area contributed by atoms with E-state index in [4.69, 9.17) is 41.4 Å². The highest BCUT2D eigenvalue weighted by Gasteiger charge is 2.39. The van der Waals surface area contributed by atoms with E-state index in [9.17, 15) is 37.8 Å². The summed E-state index contributed by atoms with van der Waals surface area (Å²) in [4.78, 5) is 82.5. The molecule has 2 aliphatic heterocycles. The lowest BCUT2D eigenvalue weighted by Gasteiger charge is -2.33. The maximum Gasteiger partial charge on any atom is 0.280 e. The summed E-state index contributed by atoms with van der Waals surface area (Å²) in [7, 11) is -21.1. The third kappa shape index (κ3) is 11.2. The Hall–Kier alpha value is -4.24. The van der Waals surface area contributed by atoms with Crippen LogP contribution in [0.2, 0.25) is 0 Å². The van der Waals surface area contributed by atoms with E-state index in [0.717, 1.165) is 7.11 Å². The molecular weight excluding hydrogens is 856 g/mol. The molecule has 2 fully saturated rings. The lowest BCUT2D eigenvalue weighted by molar-refractivity contribution is -0.250. The fraction of sp³-hybridized carbons (Fsp3) is 0.524. The van der Waals surface area contributed by atoms with Crippen LogP contribution in [-0.4, -0.2) is 88.5 Å². The SMILES string of the molecule is COP(=O)([O-])OC[C@H]1O[C@@H](n2cnc3c(N)ncnc32)CC1N=[N+]=[N-].[N-]=[N+]=NC1C[C@H](n2cnc3c(N)ncnc32)O[C@@H]1COP(=O)([O-])OP(=O)([O-])OP(=O)([O-])O. The fourth-order valence-corrected chi connectivity index (χ4v) is 8.61. The molecule has 10 atom stereocenters. The largest absolute Gasteiger partial charge is 0.756 e. The van der Waals surface area contributed by atoms with Gasteiger partial charge in [0.05, 0.1) is 50.2 Å². The molecular formula is C21H26N16O16P4-4. The summed E-state index contributed by atoms with van der Waals surface area (Å²) in [5.74, 6) is 0.318. The van der Waals surface area contributed by atoms with Crippen molar-refractivity contribution in [3.05, 3.63) is 46.2 Å². The number of nitrogens with two attached hydrogens (primary N) is 2. The zero-order chi connectivity index (χ0) is 41.8. The number of ether oxygens (including phenoxy) is 2. The van der Waals surface area contributed by atoms with Gasteiger partial charge in [-0.05, 0) is 11.1 Å². The van der Waals surface area contributed by atoms with Crippen molar-refractivity contribution in [1.82, 2.24) is 39.0 Å². The molecule has 0 radical (unpaired) electrons. The number of nitrogen functional groups attached to an aromatic ring is 2. The van der Waals surface area contributed by atoms with E-state index < -0.39 is 74.6 Å². The highest BCUT2D eigenvalue weighted by Crippen LogP contribution is 2.61. The molecule has 36 heteroatoms. The van der Waals surface area contributed by atoms with Crippen LogP contribution in [0.15, 0.2) is 35.5 Å². The number of hydrogen-bond donors (Lipinski definition) is 3. The average Bonchev–Trinajstić information content (AvgIpc) is 3.91. The van der Waals surface area contributed by atoms with Gasteiger partial charge in [0, 0.05) is 29.8 Å². The van der Waals surface area contributed by atoms with Gasteiger partial charge < -0.3 is 59.0 Å². The van der Waals surface area contributed by atoms with Crippen molar-refractivity contribution in [2.24, 2.45) is 10.2 Å². The summed E-state index contributed by atoms with van der Waals surface area (Å²) in [5, 5.41) is 7.13. The van der Waals surface area contributed by atoms with Crippen LogP contribution < -0.4 is 31.0 Å². The summed E-state index contributed by atoms with van der Waals surface area (Å²) in [6.07, 6.45) is 2.12. The molecule has 4 aromatic rings. The van der Waals surface area contributed by atoms with Crippen molar-refractivity contribution < 1.29 is 74.4 Å². The summed E-state index contributed by atoms with van der Waals surface area (Å²) in [6, 6.07) is -1.61. The van der Waals surface area contributed by atoms with Crippen LogP contribution in [0, 0.1) is 0 Å². The average molecular weight is 882 g/mol. The van der Waals surface area contributed by atoms with E-state index in [1.54, 1.807) is 4.57 Å². The van der Waals surface area contributed by atoms with E-state index >= 15 is 0 Å². The van der Waals surface area contributed by atoms with Gasteiger partial charge in [-0.2, -0.15) is 0 Å². The number of phosphoric ester groups is 2. The molecule has 0 bridgehead atoms. The van der Waals surface area contributed by atoms with Crippen molar-refractivity contribution in [2.75, 3.05) is 31.8 Å². The molecule has 6 heterocycles. The summed E-state index contributed by atoms with van der Waals surface area (Å²) in [5.41, 5.74) is 30.3. The number of imidazole rings is 2. The molecule has 0 spiro atoms. The second-order valence-corrected chi connectivity index (χ2v) is 17.0. The van der Waals surface area contributed by atoms with Gasteiger partial charge in [-0.3, -0.25) is 27.4 Å². The second kappa shape index (κ2) is 17.7. The quantitative estimate of drug-likeness (QED) is 0.0576. The molecule has 0 saturated carbocycles. The van der Waals surface area contributed by atoms with Gasteiger partial charge in [0.2, 0.25) is 0 Å². The molecule has 2 aliphatic rings. The number of phosphoric acid groups is 4. The predicted octanol–water partition coefficient (Wildman–Crippen LogP) is -0.671. The molecule has 32 nitrogen and oxygen atoms in total. The van der Waals surface area contributed by atoms with Crippen molar-refractivity contribution in [2.45, 2.75) is 49.6 Å². The number of nitrogens with zero attached hydrogens (tertiary/aromatic N) is 14. The van der Waals surface area contributed by atoms with Gasteiger partial charge in [0.15, 0.2) is 22.9 Å². The van der Waals surface area contributed by atoms with Gasteiger partial charge in [0.25, 0.3) is 31.3 Å². The smallest absolute Gasteiger partial charge is 0.280 e. The predicted molar refractivity (Wildman–Crippen MR) is 176 cm³/mol. The standard InChI is InChI=1S/C11H15N8O5P.C10H15N8O11P3/c1-22-25(20,21)23-3-7-6(17-18-13)2-8(24-7)19-5-16-9-10(12)14-4-15-11(9)19;11-9-8-10(14-3-13-9)18(4-15-8)7-1-5(16-17-12)6(27-7)2-26-31(22,23)29-32(24,25)28-30(19,20)21/h4-8H,2-3H2,1H3,(H,20,21)(H2,12,14,15);3-7H,1-2H2,(H,22,23)(H,24,25)(H2,11,13,14)(H2,19,20,21)/p-4/t6?,7-,8-;5?,6-,7-/m11/s1. The van der Waals surface area contributed by atoms with E-state index in [1.807, 2.05) is 0 Å². The Morgan fingerprint density at radius 1 is 0.772 bits per heavy atom. The molecule has 6 rings (SSSR count). The van der Waals surface area contributed by atoms with Crippen LogP contribution in [0.4, 0.5) is 11.6 Å². The highest BCUT2D eigenvalue weighted by molar-refractivity contribution is 7.65. The number of rotatable bonds is 15. The van der Waals surface area contributed by atoms with Crippen molar-refractivity contribution in [1.29, 1.82) is 0 Å². The number of azide groups is 2. The van der Waals surface area contributed by atoms with Crippen LogP contribution in [0.3, 0.4) is 0 Å². The fourth-order valence-electron chi connectivity index (χ4n) is 5.28. The molecule has 2 saturated heterocycles. The molecule has 0 amide bonds. The minimum atomic E-state index is -6.05. The van der Waals surface area contributed by atoms with Gasteiger partial charge in [-0.1, -0.05) is 10.2 Å². The number of fused-ring (bicyclic) bond motifs is 2. The van der Waals surface area contributed by atoms with Crippen LogP contribution in [0.5, 0.6) is 0 Å². The first-order chi connectivity index (χ1) is 26.7. The van der Waals surface area contributed by atoms with Crippen LogP contribution in [0.25, 0.3) is 43.2 Å². The van der Waals surface area contributed by atoms with E-state index in [1.165, 1.54) is 29.9 Å². The van der Waals surface area contributed by atoms with E-state index in [2.05, 4.69) is 67.6 Å². The zero-order valence-electron chi connectivity index (χ0n) is 28.4. The minimum absolute atomic E-state index is 0.0184. The first-order valence-corrected chi connectivity index (χ1v) is 21.1. The third-order valence-electron chi connectivity index (χ3n) is 7.62. The Bertz CT molecular complexity index is 2390. The molecule has 6 unspecified atom stereocenters. The maximum atomic E-state index is 11.7. The first kappa shape index (κ1) is 43.9. The monoisotopic (exact) mass is 882 g/mol. The van der Waals surface area contributed by atoms with Gasteiger partial charge in [-0.25, -0.2) is 38.5 Å². The van der Waals surface area contributed by atoms with E-state index in [0.29, 0.717) is 11.2 Å². The number of hydrogen-bond acceptors (Lipinski definition) is 25. The summed E-state index contributed by atoms with van der Waals surface area (Å²) < 4.78 is 79.2. The van der Waals surface area contributed by atoms with Gasteiger partial charge >= 0.3 is 0 Å². The molecule has 57 heavy (non-hydrogen) atoms. The second-order valence-electron chi connectivity index (χ2n) is 11.2. The molecule has 4 aromatic heterocycles. The van der Waals surface area contributed by atoms with E-state index in [-0.39, 0.29) is 42.2 Å². The van der Waals surface area contributed by atoms with Crippen molar-refractivity contribution in [3.63, 3.8) is 0 Å². The summed E-state index contributed by atoms with van der Waals surface area (Å²) in [6.45, 7) is -1.24. The zero-order valence-corrected chi connectivity index (χ0v) is 32.0. The first-order valence-electron chi connectivity index (χ1n) is 15.2. The normalized spacial score (nSPS) is 26.2. The maximum absolute atomic E-state index is 11.7. The lowest BCUT2D eigenvalue weighted by Crippen LogP contribution is -2.26. The molecule has 310 valence electrons. The number of aromatic nitrogens is 8. The van der Waals surface area contributed by atoms with Crippen molar-refractivity contribution in [3.8, 4) is 0 Å². The van der Waals surface area contributed by atoms with Crippen LogP contribution in [-0.2, 0) is 49.9 Å². The minimum Gasteiger partial charge on any atom is -0.756 e. The van der Waals surface area contributed by atoms with Crippen LogP contribution >= 0.6 is 31.3 Å². The Morgan fingerprint density at radius 3 is 1.61 bits per heavy atom. The van der Waals surface area contributed by atoms with Gasteiger partial charge in [0.1, 0.15) is 36.1 Å². The Balaban J connectivity index is 0.000000224. The Labute approximate surface area is 316 Å². The van der Waals surface area contributed by atoms with Gasteiger partial charge in [-0.15, -0.1) is 0 Å². The van der Waals surface area contributed by atoms with Crippen LogP contribution in [0.1, 0.15) is 25.3 Å². The molecule has 0 aliphatic carbocycles. The third-order valence-corrected chi connectivity index (χ3v) is 12.2. The topological polar surface area (TPSA) is 482 Å². The lowest BCUT2D eigenvalue weighted by atomic mass is 10.1. The molecule has 0 aromatic carbocycles. The molecule has 5 N–H and O–H groups in total. The Morgan fingerprint density at radius 2 is 1.21 bits per heavy atom. The van der Waals surface area contributed by atoms with Crippen molar-refractivity contribution >= 4 is 65.3 Å². The Kier molecular flexibility index (Phi) is 13.6. The number of anilines is 2. The highest BCUT2D eigenvalue weighted by atomic mass is 31.3.